The van der Waals surface area contributed by atoms with Gasteiger partial charge in [-0.1, -0.05) is 26.5 Å². The first-order chi connectivity index (χ1) is 23.0. The fourth-order valence-corrected chi connectivity index (χ4v) is 6.38. The number of anilines is 1. The summed E-state index contributed by atoms with van der Waals surface area (Å²) in [4.78, 5) is 43.8. The number of carbonyl (C=O) groups excluding carboxylic acids is 1. The van der Waals surface area contributed by atoms with Gasteiger partial charge < -0.3 is 24.4 Å². The Morgan fingerprint density at radius 2 is 2.00 bits per heavy atom. The number of rotatable bonds is 6. The molecule has 3 atom stereocenters. The number of hydrogen-bond donors (Lipinski definition) is 1. The summed E-state index contributed by atoms with van der Waals surface area (Å²) >= 11 is 0. The van der Waals surface area contributed by atoms with Crippen molar-refractivity contribution in [3.05, 3.63) is 82.6 Å². The lowest BCUT2D eigenvalue weighted by atomic mass is 9.97. The summed E-state index contributed by atoms with van der Waals surface area (Å²) in [6, 6.07) is 6.25. The number of amides is 1. The van der Waals surface area contributed by atoms with Crippen LogP contribution in [0, 0.1) is 11.6 Å². The van der Waals surface area contributed by atoms with E-state index in [1.54, 1.807) is 15.9 Å². The number of nitrogens with zero attached hydrogens (tertiary/aromatic N) is 6. The third kappa shape index (κ3) is 5.79. The predicted molar refractivity (Wildman–Crippen MR) is 172 cm³/mol. The average molecular weight is 665 g/mol. The number of pyridine rings is 2. The predicted octanol–water partition coefficient (Wildman–Crippen LogP) is 4.25. The molecule has 1 aromatic carbocycles. The van der Waals surface area contributed by atoms with Crippen molar-refractivity contribution in [2.75, 3.05) is 44.4 Å². The first-order valence-corrected chi connectivity index (χ1v) is 15.6. The highest BCUT2D eigenvalue weighted by molar-refractivity contribution is 5.91. The van der Waals surface area contributed by atoms with Gasteiger partial charge in [-0.2, -0.15) is 4.98 Å². The highest BCUT2D eigenvalue weighted by Gasteiger charge is 2.34. The van der Waals surface area contributed by atoms with Gasteiger partial charge in [-0.15, -0.1) is 0 Å². The zero-order valence-corrected chi connectivity index (χ0v) is 26.7. The van der Waals surface area contributed by atoms with Crippen LogP contribution in [0.4, 0.5) is 19.0 Å². The first-order valence-electron chi connectivity index (χ1n) is 15.6. The van der Waals surface area contributed by atoms with Crippen LogP contribution in [0.15, 0.2) is 54.0 Å². The molecule has 2 aliphatic rings. The molecule has 4 aromatic rings. The van der Waals surface area contributed by atoms with E-state index in [1.807, 2.05) is 20.8 Å². The Balaban J connectivity index is 1.72. The van der Waals surface area contributed by atoms with Crippen molar-refractivity contribution in [1.29, 1.82) is 0 Å². The molecule has 2 unspecified atom stereocenters. The van der Waals surface area contributed by atoms with Crippen LogP contribution in [0.3, 0.4) is 0 Å². The molecule has 1 fully saturated rings. The summed E-state index contributed by atoms with van der Waals surface area (Å²) in [7, 11) is 0. The normalized spacial score (nSPS) is 19.4. The third-order valence-corrected chi connectivity index (χ3v) is 8.59. The molecule has 5 heterocycles. The maximum absolute atomic E-state index is 16.3. The first kappa shape index (κ1) is 33.1. The SMILES string of the molecule is C=CC(=O)N1CCN(c2nc(=O)n3c4nc(c(F)cc24)-c2c(F)cccc2OCC(O)C(OCCF)c2ccnc(C(C)C)c2-3)[C@@H](C)C1. The lowest BCUT2D eigenvalue weighted by Gasteiger charge is -2.40. The molecule has 2 bridgehead atoms. The van der Waals surface area contributed by atoms with E-state index in [0.29, 0.717) is 12.2 Å². The molecule has 2 aliphatic heterocycles. The molecule has 48 heavy (non-hydrogen) atoms. The summed E-state index contributed by atoms with van der Waals surface area (Å²) in [6.07, 6.45) is 0.0407. The molecule has 11 nitrogen and oxygen atoms in total. The summed E-state index contributed by atoms with van der Waals surface area (Å²) < 4.78 is 58.2. The lowest BCUT2D eigenvalue weighted by molar-refractivity contribution is -0.126. The van der Waals surface area contributed by atoms with Gasteiger partial charge in [-0.05, 0) is 43.2 Å². The second-order valence-electron chi connectivity index (χ2n) is 12.0. The van der Waals surface area contributed by atoms with E-state index in [9.17, 15) is 19.1 Å². The lowest BCUT2D eigenvalue weighted by Crippen LogP contribution is -2.54. The number of carbonyl (C=O) groups is 1. The molecule has 252 valence electrons. The molecule has 0 aliphatic carbocycles. The maximum Gasteiger partial charge on any atom is 0.355 e. The van der Waals surface area contributed by atoms with E-state index in [1.165, 1.54) is 29.0 Å². The zero-order chi connectivity index (χ0) is 34.3. The Bertz CT molecular complexity index is 1950. The minimum absolute atomic E-state index is 0.0668. The summed E-state index contributed by atoms with van der Waals surface area (Å²) in [6.45, 7) is 8.25. The van der Waals surface area contributed by atoms with Crippen LogP contribution in [0.2, 0.25) is 0 Å². The monoisotopic (exact) mass is 664 g/mol. The van der Waals surface area contributed by atoms with E-state index >= 15 is 8.78 Å². The largest absolute Gasteiger partial charge is 0.490 e. The number of alkyl halides is 1. The number of piperazine rings is 1. The molecular formula is C34H35F3N6O5. The van der Waals surface area contributed by atoms with E-state index in [0.717, 1.165) is 12.1 Å². The minimum Gasteiger partial charge on any atom is -0.490 e. The molecule has 3 aromatic heterocycles. The van der Waals surface area contributed by atoms with Gasteiger partial charge in [0, 0.05) is 37.4 Å². The fraction of sp³-hybridized carbons (Fsp3) is 0.382. The van der Waals surface area contributed by atoms with Crippen molar-refractivity contribution in [3.8, 4) is 22.7 Å². The Labute approximate surface area is 274 Å². The smallest absolute Gasteiger partial charge is 0.355 e. The number of fused-ring (bicyclic) bond motifs is 5. The van der Waals surface area contributed by atoms with Gasteiger partial charge in [-0.3, -0.25) is 9.78 Å². The quantitative estimate of drug-likeness (QED) is 0.302. The molecule has 0 radical (unpaired) electrons. The van der Waals surface area contributed by atoms with E-state index in [-0.39, 0.29) is 77.0 Å². The van der Waals surface area contributed by atoms with Gasteiger partial charge in [0.15, 0.2) is 11.5 Å². The van der Waals surface area contributed by atoms with Crippen LogP contribution in [-0.4, -0.2) is 87.1 Å². The third-order valence-electron chi connectivity index (χ3n) is 8.59. The molecule has 1 amide bonds. The van der Waals surface area contributed by atoms with Crippen molar-refractivity contribution in [2.45, 2.75) is 44.9 Å². The summed E-state index contributed by atoms with van der Waals surface area (Å²) in [5.74, 6) is -2.27. The molecule has 1 saturated heterocycles. The summed E-state index contributed by atoms with van der Waals surface area (Å²) in [5.41, 5.74) is -0.782. The number of ether oxygens (including phenoxy) is 2. The Hall–Kier alpha value is -4.82. The van der Waals surface area contributed by atoms with Gasteiger partial charge in [0.05, 0.1) is 28.9 Å². The highest BCUT2D eigenvalue weighted by Crippen LogP contribution is 2.40. The number of aromatic nitrogens is 4. The molecule has 0 saturated carbocycles. The average Bonchev–Trinajstić information content (AvgIpc) is 3.06. The van der Waals surface area contributed by atoms with Crippen LogP contribution >= 0.6 is 0 Å². The fourth-order valence-electron chi connectivity index (χ4n) is 6.38. The van der Waals surface area contributed by atoms with E-state index in [2.05, 4.69) is 21.5 Å². The van der Waals surface area contributed by atoms with Gasteiger partial charge >= 0.3 is 5.69 Å². The Kier molecular flexibility index (Phi) is 9.21. The van der Waals surface area contributed by atoms with Crippen LogP contribution in [0.5, 0.6) is 5.75 Å². The molecule has 6 rings (SSSR count). The topological polar surface area (TPSA) is 123 Å². The Morgan fingerprint density at radius 1 is 1.21 bits per heavy atom. The van der Waals surface area contributed by atoms with Crippen LogP contribution in [-0.2, 0) is 9.53 Å². The van der Waals surface area contributed by atoms with E-state index in [4.69, 9.17) is 9.47 Å². The van der Waals surface area contributed by atoms with Gasteiger partial charge in [0.2, 0.25) is 5.91 Å². The number of halogens is 3. The number of aliphatic hydroxyl groups excluding tert-OH is 1. The number of benzene rings is 1. The van der Waals surface area contributed by atoms with Gasteiger partial charge in [-0.25, -0.2) is 27.5 Å². The summed E-state index contributed by atoms with van der Waals surface area (Å²) in [5, 5.41) is 11.6. The maximum atomic E-state index is 16.3. The van der Waals surface area contributed by atoms with Crippen molar-refractivity contribution >= 4 is 22.8 Å². The zero-order valence-electron chi connectivity index (χ0n) is 26.7. The van der Waals surface area contributed by atoms with Crippen molar-refractivity contribution in [3.63, 3.8) is 0 Å². The molecule has 14 heteroatoms. The number of hydrogen-bond acceptors (Lipinski definition) is 9. The van der Waals surface area contributed by atoms with E-state index < -0.39 is 48.5 Å². The molecular weight excluding hydrogens is 629 g/mol. The number of aliphatic hydroxyl groups is 1. The van der Waals surface area contributed by atoms with Crippen molar-refractivity contribution in [2.24, 2.45) is 0 Å². The minimum atomic E-state index is -1.45. The van der Waals surface area contributed by atoms with Crippen molar-refractivity contribution in [1.82, 2.24) is 24.4 Å². The molecule has 0 spiro atoms. The standard InChI is InChI=1S/C34H35F3N6O5/c1-5-26(45)41-12-13-42(19(4)16-41)32-21-15-23(37)29-27-22(36)7-6-8-25(27)48-17-24(44)31(47-14-10-35)20-9-11-38-28(18(2)3)30(20)43(33(21)39-29)34(46)40-32/h5-9,11,15,18-19,24,31,44H,1,10,12-14,16-17H2,2-4H3/t19-,24?,31?/m0/s1. The van der Waals surface area contributed by atoms with Crippen LogP contribution < -0.4 is 15.3 Å². The Morgan fingerprint density at radius 3 is 2.71 bits per heavy atom. The van der Waals surface area contributed by atoms with Crippen molar-refractivity contribution < 1.29 is 32.5 Å². The van der Waals surface area contributed by atoms with Gasteiger partial charge in [0.25, 0.3) is 0 Å². The molecule has 1 N–H and O–H groups in total. The second kappa shape index (κ2) is 13.4. The highest BCUT2D eigenvalue weighted by atomic mass is 19.1. The van der Waals surface area contributed by atoms with Crippen LogP contribution in [0.25, 0.3) is 28.0 Å². The second-order valence-corrected chi connectivity index (χ2v) is 12.0. The van der Waals surface area contributed by atoms with Gasteiger partial charge in [0.1, 0.15) is 48.6 Å². The van der Waals surface area contributed by atoms with Crippen LogP contribution in [0.1, 0.15) is 44.1 Å².